The first-order valence-electron chi connectivity index (χ1n) is 5.94. The van der Waals surface area contributed by atoms with E-state index in [1.54, 1.807) is 24.3 Å². The number of para-hydroxylation sites is 1. The van der Waals surface area contributed by atoms with Crippen LogP contribution in [0.25, 0.3) is 10.9 Å². The van der Waals surface area contributed by atoms with E-state index < -0.39 is 17.8 Å². The molecule has 0 radical (unpaired) electrons. The molecule has 6 nitrogen and oxygen atoms in total. The Hall–Kier alpha value is -2.34. The molecule has 1 unspecified atom stereocenters. The Labute approximate surface area is 109 Å². The fourth-order valence-electron chi connectivity index (χ4n) is 2.32. The van der Waals surface area contributed by atoms with E-state index in [1.807, 2.05) is 6.92 Å². The number of carboxylic acid groups (broad SMARTS) is 1. The summed E-state index contributed by atoms with van der Waals surface area (Å²) in [6.07, 6.45) is 0.463. The Morgan fingerprint density at radius 3 is 2.68 bits per heavy atom. The molecule has 19 heavy (non-hydrogen) atoms. The molecule has 6 heteroatoms. The lowest BCUT2D eigenvalue weighted by Crippen LogP contribution is -2.35. The molecule has 0 saturated heterocycles. The molecule has 0 aliphatic heterocycles. The van der Waals surface area contributed by atoms with Gasteiger partial charge in [-0.1, -0.05) is 25.1 Å². The summed E-state index contributed by atoms with van der Waals surface area (Å²) < 4.78 is 0. The van der Waals surface area contributed by atoms with Crippen LogP contribution in [-0.4, -0.2) is 22.0 Å². The Kier molecular flexibility index (Phi) is 3.52. The van der Waals surface area contributed by atoms with Crippen LogP contribution in [-0.2, 0) is 4.79 Å². The molecule has 0 bridgehead atoms. The molecule has 100 valence electrons. The van der Waals surface area contributed by atoms with Crippen molar-refractivity contribution in [2.75, 3.05) is 0 Å². The number of benzene rings is 1. The number of aromatic amines is 1. The van der Waals surface area contributed by atoms with Crippen molar-refractivity contribution in [1.29, 1.82) is 0 Å². The van der Waals surface area contributed by atoms with Gasteiger partial charge in [0.25, 0.3) is 0 Å². The Morgan fingerprint density at radius 2 is 2.11 bits per heavy atom. The van der Waals surface area contributed by atoms with Crippen LogP contribution >= 0.6 is 0 Å². The quantitative estimate of drug-likeness (QED) is 0.378. The third kappa shape index (κ3) is 2.17. The number of fused-ring (bicyclic) bond motifs is 1. The number of amides is 1. The van der Waals surface area contributed by atoms with E-state index in [0.29, 0.717) is 17.5 Å². The number of nitrogens with one attached hydrogen (secondary N) is 2. The molecule has 0 spiro atoms. The SMILES string of the molecule is CCC(C(=O)NN)c1c(C(=O)O)[nH]c2ccccc12. The smallest absolute Gasteiger partial charge is 0.352 e. The van der Waals surface area contributed by atoms with Gasteiger partial charge in [0.2, 0.25) is 5.91 Å². The number of aromatic carboxylic acids is 1. The van der Waals surface area contributed by atoms with Gasteiger partial charge in [0, 0.05) is 16.5 Å². The largest absolute Gasteiger partial charge is 0.477 e. The molecule has 1 atom stereocenters. The zero-order chi connectivity index (χ0) is 14.0. The minimum absolute atomic E-state index is 0.0386. The van der Waals surface area contributed by atoms with Gasteiger partial charge in [-0.05, 0) is 12.5 Å². The highest BCUT2D eigenvalue weighted by Crippen LogP contribution is 2.31. The van der Waals surface area contributed by atoms with E-state index in [0.717, 1.165) is 5.39 Å². The van der Waals surface area contributed by atoms with Gasteiger partial charge in [-0.15, -0.1) is 0 Å². The fourth-order valence-corrected chi connectivity index (χ4v) is 2.32. The highest BCUT2D eigenvalue weighted by Gasteiger charge is 2.27. The average Bonchev–Trinajstić information content (AvgIpc) is 2.79. The summed E-state index contributed by atoms with van der Waals surface area (Å²) in [5.41, 5.74) is 3.30. The molecule has 0 fully saturated rings. The van der Waals surface area contributed by atoms with Crippen molar-refractivity contribution in [2.24, 2.45) is 5.84 Å². The molecular formula is C13H15N3O3. The number of nitrogens with two attached hydrogens (primary N) is 1. The number of hydrogen-bond acceptors (Lipinski definition) is 3. The Balaban J connectivity index is 2.71. The lowest BCUT2D eigenvalue weighted by Gasteiger charge is -2.13. The lowest BCUT2D eigenvalue weighted by molar-refractivity contribution is -0.122. The van der Waals surface area contributed by atoms with Crippen molar-refractivity contribution in [3.63, 3.8) is 0 Å². The van der Waals surface area contributed by atoms with E-state index in [-0.39, 0.29) is 5.69 Å². The summed E-state index contributed by atoms with van der Waals surface area (Å²) >= 11 is 0. The van der Waals surface area contributed by atoms with E-state index >= 15 is 0 Å². The maximum atomic E-state index is 11.8. The molecule has 2 aromatic rings. The van der Waals surface area contributed by atoms with Gasteiger partial charge in [0.05, 0.1) is 5.92 Å². The number of rotatable bonds is 4. The number of aromatic nitrogens is 1. The molecule has 0 aliphatic rings. The zero-order valence-corrected chi connectivity index (χ0v) is 10.4. The topological polar surface area (TPSA) is 108 Å². The van der Waals surface area contributed by atoms with Gasteiger partial charge in [0.1, 0.15) is 5.69 Å². The predicted molar refractivity (Wildman–Crippen MR) is 70.6 cm³/mol. The molecule has 1 heterocycles. The van der Waals surface area contributed by atoms with Crippen molar-refractivity contribution in [1.82, 2.24) is 10.4 Å². The van der Waals surface area contributed by atoms with E-state index in [9.17, 15) is 14.7 Å². The molecule has 0 saturated carbocycles. The first-order chi connectivity index (χ1) is 9.10. The van der Waals surface area contributed by atoms with Crippen molar-refractivity contribution in [2.45, 2.75) is 19.3 Å². The van der Waals surface area contributed by atoms with Crippen molar-refractivity contribution in [3.8, 4) is 0 Å². The standard InChI is InChI=1S/C13H15N3O3/c1-2-7(12(17)16-14)10-8-5-3-4-6-9(8)15-11(10)13(18)19/h3-7,15H,2,14H2,1H3,(H,16,17)(H,18,19). The molecule has 2 rings (SSSR count). The number of hydrazine groups is 1. The predicted octanol–water partition coefficient (Wildman–Crippen LogP) is 1.35. The van der Waals surface area contributed by atoms with E-state index in [4.69, 9.17) is 5.84 Å². The summed E-state index contributed by atoms with van der Waals surface area (Å²) in [7, 11) is 0. The molecule has 1 aromatic heterocycles. The van der Waals surface area contributed by atoms with Gasteiger partial charge in [0.15, 0.2) is 0 Å². The van der Waals surface area contributed by atoms with E-state index in [1.165, 1.54) is 0 Å². The molecule has 0 aliphatic carbocycles. The van der Waals surface area contributed by atoms with Crippen LogP contribution in [0.1, 0.15) is 35.3 Å². The Bertz CT molecular complexity index is 633. The van der Waals surface area contributed by atoms with Gasteiger partial charge in [-0.3, -0.25) is 10.2 Å². The van der Waals surface area contributed by atoms with Crippen LogP contribution in [0.3, 0.4) is 0 Å². The Morgan fingerprint density at radius 1 is 1.42 bits per heavy atom. The summed E-state index contributed by atoms with van der Waals surface area (Å²) in [5.74, 6) is 3.09. The van der Waals surface area contributed by atoms with Gasteiger partial charge in [-0.25, -0.2) is 10.6 Å². The van der Waals surface area contributed by atoms with Crippen molar-refractivity contribution >= 4 is 22.8 Å². The lowest BCUT2D eigenvalue weighted by atomic mass is 9.92. The van der Waals surface area contributed by atoms with Gasteiger partial charge >= 0.3 is 5.97 Å². The van der Waals surface area contributed by atoms with Crippen molar-refractivity contribution in [3.05, 3.63) is 35.5 Å². The van der Waals surface area contributed by atoms with Crippen LogP contribution in [0.5, 0.6) is 0 Å². The maximum Gasteiger partial charge on any atom is 0.352 e. The average molecular weight is 261 g/mol. The first kappa shape index (κ1) is 13.1. The summed E-state index contributed by atoms with van der Waals surface area (Å²) in [6, 6.07) is 7.18. The van der Waals surface area contributed by atoms with Crippen LogP contribution in [0.2, 0.25) is 0 Å². The van der Waals surface area contributed by atoms with Crippen LogP contribution < -0.4 is 11.3 Å². The van der Waals surface area contributed by atoms with Crippen molar-refractivity contribution < 1.29 is 14.7 Å². The number of carboxylic acids is 1. The summed E-state index contributed by atoms with van der Waals surface area (Å²) in [5, 5.41) is 10.0. The van der Waals surface area contributed by atoms with Crippen LogP contribution in [0.4, 0.5) is 0 Å². The van der Waals surface area contributed by atoms with Gasteiger partial charge < -0.3 is 10.1 Å². The summed E-state index contributed by atoms with van der Waals surface area (Å²) in [4.78, 5) is 26.0. The second-order valence-corrected chi connectivity index (χ2v) is 4.23. The molecule has 5 N–H and O–H groups in total. The number of carbonyl (C=O) groups is 2. The highest BCUT2D eigenvalue weighted by molar-refractivity contribution is 6.01. The summed E-state index contributed by atoms with van der Waals surface area (Å²) in [6.45, 7) is 1.81. The van der Waals surface area contributed by atoms with Crippen LogP contribution in [0, 0.1) is 0 Å². The number of carbonyl (C=O) groups excluding carboxylic acids is 1. The van der Waals surface area contributed by atoms with Gasteiger partial charge in [-0.2, -0.15) is 0 Å². The number of H-pyrrole nitrogens is 1. The number of hydrogen-bond donors (Lipinski definition) is 4. The molecule has 1 aromatic carbocycles. The third-order valence-electron chi connectivity index (χ3n) is 3.18. The fraction of sp³-hybridized carbons (Fsp3) is 0.231. The first-order valence-corrected chi connectivity index (χ1v) is 5.94. The molecular weight excluding hydrogens is 246 g/mol. The second kappa shape index (κ2) is 5.11. The minimum atomic E-state index is -1.09. The van der Waals surface area contributed by atoms with Crippen LogP contribution in [0.15, 0.2) is 24.3 Å². The maximum absolute atomic E-state index is 11.8. The zero-order valence-electron chi connectivity index (χ0n) is 10.4. The molecule has 1 amide bonds. The van der Waals surface area contributed by atoms with E-state index in [2.05, 4.69) is 10.4 Å². The second-order valence-electron chi connectivity index (χ2n) is 4.23. The third-order valence-corrected chi connectivity index (χ3v) is 3.18. The minimum Gasteiger partial charge on any atom is -0.477 e. The normalized spacial score (nSPS) is 12.3. The highest BCUT2D eigenvalue weighted by atomic mass is 16.4. The monoisotopic (exact) mass is 261 g/mol.